The van der Waals surface area contributed by atoms with E-state index in [4.69, 9.17) is 19.0 Å². The molecule has 0 saturated carbocycles. The summed E-state index contributed by atoms with van der Waals surface area (Å²) in [5.41, 5.74) is -0.841. The SMILES string of the molecule is CCCCCCCOc1c(O)c2cccc(OCC(=O)O)c2oc1=O. The molecule has 0 radical (unpaired) electrons. The van der Waals surface area contributed by atoms with Gasteiger partial charge in [0, 0.05) is 0 Å². The highest BCUT2D eigenvalue weighted by molar-refractivity contribution is 5.89. The first-order valence-corrected chi connectivity index (χ1v) is 8.30. The van der Waals surface area contributed by atoms with Crippen LogP contribution in [0.25, 0.3) is 11.0 Å². The van der Waals surface area contributed by atoms with Gasteiger partial charge in [0.05, 0.1) is 12.0 Å². The zero-order valence-corrected chi connectivity index (χ0v) is 14.1. The van der Waals surface area contributed by atoms with Crippen LogP contribution in [0, 0.1) is 0 Å². The fourth-order valence-electron chi connectivity index (χ4n) is 2.43. The number of aliphatic carboxylic acids is 1. The van der Waals surface area contributed by atoms with Gasteiger partial charge in [0.2, 0.25) is 5.75 Å². The molecule has 0 amide bonds. The van der Waals surface area contributed by atoms with Gasteiger partial charge in [0.25, 0.3) is 0 Å². The van der Waals surface area contributed by atoms with Crippen molar-refractivity contribution >= 4 is 16.9 Å². The molecule has 0 aliphatic heterocycles. The topological polar surface area (TPSA) is 106 Å². The maximum atomic E-state index is 12.1. The van der Waals surface area contributed by atoms with E-state index >= 15 is 0 Å². The van der Waals surface area contributed by atoms with Gasteiger partial charge >= 0.3 is 11.6 Å². The first-order valence-electron chi connectivity index (χ1n) is 8.30. The number of fused-ring (bicyclic) bond motifs is 1. The summed E-state index contributed by atoms with van der Waals surface area (Å²) in [5.74, 6) is -1.66. The fraction of sp³-hybridized carbons (Fsp3) is 0.444. The predicted molar refractivity (Wildman–Crippen MR) is 91.5 cm³/mol. The van der Waals surface area contributed by atoms with Crippen LogP contribution in [0.2, 0.25) is 0 Å². The third-order valence-electron chi connectivity index (χ3n) is 3.67. The van der Waals surface area contributed by atoms with Crippen LogP contribution in [0.4, 0.5) is 0 Å². The normalized spacial score (nSPS) is 10.8. The van der Waals surface area contributed by atoms with Gasteiger partial charge in [-0.1, -0.05) is 38.7 Å². The van der Waals surface area contributed by atoms with Crippen LogP contribution in [0.3, 0.4) is 0 Å². The molecule has 0 atom stereocenters. The van der Waals surface area contributed by atoms with Crippen LogP contribution in [0.1, 0.15) is 39.0 Å². The van der Waals surface area contributed by atoms with E-state index in [9.17, 15) is 14.7 Å². The molecule has 2 aromatic rings. The van der Waals surface area contributed by atoms with Crippen molar-refractivity contribution in [1.29, 1.82) is 0 Å². The lowest BCUT2D eigenvalue weighted by molar-refractivity contribution is -0.139. The fourth-order valence-corrected chi connectivity index (χ4v) is 2.43. The second kappa shape index (κ2) is 8.96. The highest BCUT2D eigenvalue weighted by atomic mass is 16.5. The molecule has 0 spiro atoms. The van der Waals surface area contributed by atoms with E-state index in [0.29, 0.717) is 6.61 Å². The number of hydrogen-bond donors (Lipinski definition) is 2. The van der Waals surface area contributed by atoms with Gasteiger partial charge in [-0.2, -0.15) is 0 Å². The summed E-state index contributed by atoms with van der Waals surface area (Å²) < 4.78 is 15.7. The molecule has 2 rings (SSSR count). The quantitative estimate of drug-likeness (QED) is 0.500. The number of para-hydroxylation sites is 1. The van der Waals surface area contributed by atoms with E-state index in [1.54, 1.807) is 6.07 Å². The van der Waals surface area contributed by atoms with Crippen molar-refractivity contribution in [3.63, 3.8) is 0 Å². The highest BCUT2D eigenvalue weighted by Gasteiger charge is 2.18. The molecule has 0 saturated heterocycles. The van der Waals surface area contributed by atoms with Gasteiger partial charge in [0.1, 0.15) is 0 Å². The summed E-state index contributed by atoms with van der Waals surface area (Å²) in [4.78, 5) is 22.7. The van der Waals surface area contributed by atoms with Crippen LogP contribution in [-0.4, -0.2) is 29.4 Å². The zero-order chi connectivity index (χ0) is 18.2. The Morgan fingerprint density at radius 1 is 1.16 bits per heavy atom. The van der Waals surface area contributed by atoms with Gasteiger partial charge in [-0.05, 0) is 18.6 Å². The van der Waals surface area contributed by atoms with Crippen molar-refractivity contribution in [2.75, 3.05) is 13.2 Å². The van der Waals surface area contributed by atoms with Crippen molar-refractivity contribution in [2.24, 2.45) is 0 Å². The summed E-state index contributed by atoms with van der Waals surface area (Å²) in [6.07, 6.45) is 5.16. The molecule has 1 aromatic heterocycles. The average molecular weight is 350 g/mol. The zero-order valence-electron chi connectivity index (χ0n) is 14.1. The average Bonchev–Trinajstić information content (AvgIpc) is 2.58. The van der Waals surface area contributed by atoms with Crippen molar-refractivity contribution in [1.82, 2.24) is 0 Å². The predicted octanol–water partition coefficient (Wildman–Crippen LogP) is 3.31. The number of hydrogen-bond acceptors (Lipinski definition) is 6. The van der Waals surface area contributed by atoms with Gasteiger partial charge in [0.15, 0.2) is 23.7 Å². The Morgan fingerprint density at radius 3 is 2.64 bits per heavy atom. The number of benzene rings is 1. The maximum Gasteiger partial charge on any atom is 0.383 e. The molecule has 1 aromatic carbocycles. The summed E-state index contributed by atoms with van der Waals surface area (Å²) in [6.45, 7) is 1.85. The summed E-state index contributed by atoms with van der Waals surface area (Å²) >= 11 is 0. The first-order chi connectivity index (χ1) is 12.0. The minimum absolute atomic E-state index is 0.0125. The van der Waals surface area contributed by atoms with Gasteiger partial charge < -0.3 is 24.1 Å². The molecule has 0 aliphatic rings. The number of carboxylic acid groups (broad SMARTS) is 1. The Kier molecular flexibility index (Phi) is 6.68. The molecule has 0 aliphatic carbocycles. The van der Waals surface area contributed by atoms with E-state index in [1.807, 2.05) is 0 Å². The number of aromatic hydroxyl groups is 1. The van der Waals surface area contributed by atoms with Crippen molar-refractivity contribution in [3.05, 3.63) is 28.6 Å². The number of ether oxygens (including phenoxy) is 2. The van der Waals surface area contributed by atoms with Crippen LogP contribution >= 0.6 is 0 Å². The third kappa shape index (κ3) is 4.89. The van der Waals surface area contributed by atoms with E-state index in [-0.39, 0.29) is 28.2 Å². The second-order valence-corrected chi connectivity index (χ2v) is 5.65. The van der Waals surface area contributed by atoms with E-state index in [0.717, 1.165) is 32.1 Å². The number of unbranched alkanes of at least 4 members (excludes halogenated alkanes) is 4. The largest absolute Gasteiger partial charge is 0.504 e. The molecule has 2 N–H and O–H groups in total. The standard InChI is InChI=1S/C18H22O7/c1-2-3-4-5-6-10-23-17-15(21)12-8-7-9-13(24-11-14(19)20)16(12)25-18(17)22/h7-9,21H,2-6,10-11H2,1H3,(H,19,20). The van der Waals surface area contributed by atoms with Gasteiger partial charge in [-0.25, -0.2) is 9.59 Å². The van der Waals surface area contributed by atoms with Crippen LogP contribution in [-0.2, 0) is 4.79 Å². The summed E-state index contributed by atoms with van der Waals surface area (Å²) in [5, 5.41) is 19.2. The molecule has 136 valence electrons. The Labute approximate surface area is 144 Å². The summed E-state index contributed by atoms with van der Waals surface area (Å²) in [6, 6.07) is 4.56. The van der Waals surface area contributed by atoms with E-state index in [1.165, 1.54) is 12.1 Å². The highest BCUT2D eigenvalue weighted by Crippen LogP contribution is 2.35. The third-order valence-corrected chi connectivity index (χ3v) is 3.67. The van der Waals surface area contributed by atoms with Crippen molar-refractivity contribution in [3.8, 4) is 17.2 Å². The molecule has 0 bridgehead atoms. The van der Waals surface area contributed by atoms with E-state index in [2.05, 4.69) is 6.92 Å². The molecule has 7 nitrogen and oxygen atoms in total. The van der Waals surface area contributed by atoms with Crippen LogP contribution < -0.4 is 15.1 Å². The second-order valence-electron chi connectivity index (χ2n) is 5.65. The van der Waals surface area contributed by atoms with Crippen LogP contribution in [0.5, 0.6) is 17.2 Å². The number of carbonyl (C=O) groups is 1. The molecular formula is C18H22O7. The molecule has 25 heavy (non-hydrogen) atoms. The van der Waals surface area contributed by atoms with Crippen LogP contribution in [0.15, 0.2) is 27.4 Å². The molecule has 0 unspecified atom stereocenters. The van der Waals surface area contributed by atoms with E-state index < -0.39 is 18.2 Å². The minimum Gasteiger partial charge on any atom is -0.504 e. The maximum absolute atomic E-state index is 12.1. The first kappa shape index (κ1) is 18.6. The number of carboxylic acids is 1. The lowest BCUT2D eigenvalue weighted by Gasteiger charge is -2.10. The smallest absolute Gasteiger partial charge is 0.383 e. The molecule has 1 heterocycles. The lowest BCUT2D eigenvalue weighted by Crippen LogP contribution is -2.11. The summed E-state index contributed by atoms with van der Waals surface area (Å²) in [7, 11) is 0. The monoisotopic (exact) mass is 350 g/mol. The number of rotatable bonds is 10. The molecule has 0 fully saturated rings. The van der Waals surface area contributed by atoms with Gasteiger partial charge in [-0.3, -0.25) is 0 Å². The molecule has 7 heteroatoms. The minimum atomic E-state index is -1.16. The van der Waals surface area contributed by atoms with Crippen molar-refractivity contribution in [2.45, 2.75) is 39.0 Å². The molecular weight excluding hydrogens is 328 g/mol. The Hall–Kier alpha value is -2.70. The van der Waals surface area contributed by atoms with Crippen molar-refractivity contribution < 1.29 is 28.9 Å². The Morgan fingerprint density at radius 2 is 1.92 bits per heavy atom. The Bertz CT molecular complexity index is 779. The lowest BCUT2D eigenvalue weighted by atomic mass is 10.2. The Balaban J connectivity index is 2.17. The van der Waals surface area contributed by atoms with Gasteiger partial charge in [-0.15, -0.1) is 0 Å².